The first-order valence-corrected chi connectivity index (χ1v) is 8.08. The molecule has 1 atom stereocenters. The van der Waals surface area contributed by atoms with Crippen molar-refractivity contribution in [2.24, 2.45) is 11.3 Å². The van der Waals surface area contributed by atoms with Crippen LogP contribution in [0.4, 0.5) is 0 Å². The third-order valence-electron chi connectivity index (χ3n) is 4.98. The summed E-state index contributed by atoms with van der Waals surface area (Å²) in [6, 6.07) is 0. The van der Waals surface area contributed by atoms with E-state index in [4.69, 9.17) is 4.74 Å². The van der Waals surface area contributed by atoms with Gasteiger partial charge in [0.05, 0.1) is 18.8 Å². The molecular weight excluding hydrogens is 238 g/mol. The summed E-state index contributed by atoms with van der Waals surface area (Å²) >= 11 is 0. The second-order valence-electron chi connectivity index (χ2n) is 7.16. The van der Waals surface area contributed by atoms with Crippen LogP contribution in [-0.2, 0) is 4.74 Å². The van der Waals surface area contributed by atoms with E-state index in [1.165, 1.54) is 44.9 Å². The van der Waals surface area contributed by atoms with Gasteiger partial charge in [-0.3, -0.25) is 0 Å². The van der Waals surface area contributed by atoms with Crippen LogP contribution in [0.1, 0.15) is 58.8 Å². The lowest BCUT2D eigenvalue weighted by atomic mass is 9.70. The highest BCUT2D eigenvalue weighted by atomic mass is 16.5. The van der Waals surface area contributed by atoms with E-state index in [1.807, 2.05) is 0 Å². The van der Waals surface area contributed by atoms with E-state index >= 15 is 0 Å². The van der Waals surface area contributed by atoms with Gasteiger partial charge in [0.1, 0.15) is 0 Å². The van der Waals surface area contributed by atoms with E-state index in [0.29, 0.717) is 24.7 Å². The topological polar surface area (TPSA) is 41.5 Å². The molecule has 2 aliphatic rings. The fraction of sp³-hybridized carbons (Fsp3) is 1.00. The minimum absolute atomic E-state index is 0.358. The minimum Gasteiger partial charge on any atom is -0.389 e. The molecule has 0 heterocycles. The first kappa shape index (κ1) is 15.3. The van der Waals surface area contributed by atoms with Gasteiger partial charge in [-0.25, -0.2) is 0 Å². The predicted molar refractivity (Wildman–Crippen MR) is 78.2 cm³/mol. The summed E-state index contributed by atoms with van der Waals surface area (Å²) in [5.41, 5.74) is 0.486. The molecule has 0 saturated heterocycles. The smallest absolute Gasteiger partial charge is 0.0897 e. The van der Waals surface area contributed by atoms with Crippen LogP contribution in [0.2, 0.25) is 0 Å². The molecular formula is C16H31NO2. The summed E-state index contributed by atoms with van der Waals surface area (Å²) in [7, 11) is 0. The van der Waals surface area contributed by atoms with Gasteiger partial charge in [-0.2, -0.15) is 0 Å². The Hall–Kier alpha value is -0.120. The molecule has 19 heavy (non-hydrogen) atoms. The molecule has 2 rings (SSSR count). The Kier molecular flexibility index (Phi) is 5.67. The molecule has 3 heteroatoms. The van der Waals surface area contributed by atoms with Gasteiger partial charge in [0.25, 0.3) is 0 Å². The Bertz CT molecular complexity index is 257. The van der Waals surface area contributed by atoms with Gasteiger partial charge in [0.2, 0.25) is 0 Å². The van der Waals surface area contributed by atoms with Crippen molar-refractivity contribution in [2.75, 3.05) is 19.7 Å². The zero-order chi connectivity index (χ0) is 13.7. The zero-order valence-electron chi connectivity index (χ0n) is 12.7. The van der Waals surface area contributed by atoms with Crippen LogP contribution in [0.5, 0.6) is 0 Å². The number of aliphatic hydroxyl groups excluding tert-OH is 1. The third-order valence-corrected chi connectivity index (χ3v) is 4.98. The maximum absolute atomic E-state index is 9.93. The fourth-order valence-corrected chi connectivity index (χ4v) is 3.20. The first-order valence-electron chi connectivity index (χ1n) is 8.08. The summed E-state index contributed by atoms with van der Waals surface area (Å²) in [4.78, 5) is 0. The van der Waals surface area contributed by atoms with Gasteiger partial charge >= 0.3 is 0 Å². The number of nitrogens with one attached hydrogen (secondary N) is 1. The Morgan fingerprint density at radius 1 is 1.26 bits per heavy atom. The zero-order valence-corrected chi connectivity index (χ0v) is 12.7. The van der Waals surface area contributed by atoms with Crippen molar-refractivity contribution in [1.82, 2.24) is 5.32 Å². The van der Waals surface area contributed by atoms with Gasteiger partial charge in [0.15, 0.2) is 0 Å². The van der Waals surface area contributed by atoms with Crippen LogP contribution in [0.25, 0.3) is 0 Å². The second kappa shape index (κ2) is 7.05. The second-order valence-corrected chi connectivity index (χ2v) is 7.16. The SMILES string of the molecule is CC1CCC(OCC(O)CNCC2(C)CCC2)CC1. The van der Waals surface area contributed by atoms with E-state index < -0.39 is 0 Å². The molecule has 0 aliphatic heterocycles. The van der Waals surface area contributed by atoms with E-state index in [1.54, 1.807) is 0 Å². The summed E-state index contributed by atoms with van der Waals surface area (Å²) < 4.78 is 5.83. The largest absolute Gasteiger partial charge is 0.389 e. The normalized spacial score (nSPS) is 31.7. The number of aliphatic hydroxyl groups is 1. The minimum atomic E-state index is -0.358. The van der Waals surface area contributed by atoms with Crippen LogP contribution in [0.15, 0.2) is 0 Å². The number of hydrogen-bond donors (Lipinski definition) is 2. The third kappa shape index (κ3) is 5.05. The lowest BCUT2D eigenvalue weighted by molar-refractivity contribution is -0.0287. The average molecular weight is 269 g/mol. The lowest BCUT2D eigenvalue weighted by Crippen LogP contribution is -2.41. The molecule has 0 radical (unpaired) electrons. The highest BCUT2D eigenvalue weighted by Gasteiger charge is 2.31. The number of ether oxygens (including phenoxy) is 1. The van der Waals surface area contributed by atoms with Crippen LogP contribution < -0.4 is 5.32 Å². The predicted octanol–water partition coefficient (Wildman–Crippen LogP) is 2.72. The fourth-order valence-electron chi connectivity index (χ4n) is 3.20. The molecule has 2 saturated carbocycles. The van der Waals surface area contributed by atoms with Crippen molar-refractivity contribution in [3.05, 3.63) is 0 Å². The average Bonchev–Trinajstić information content (AvgIpc) is 2.36. The molecule has 0 aromatic carbocycles. The summed E-state index contributed by atoms with van der Waals surface area (Å²) in [6.45, 7) is 6.83. The highest BCUT2D eigenvalue weighted by molar-refractivity contribution is 4.85. The van der Waals surface area contributed by atoms with E-state index in [-0.39, 0.29) is 6.10 Å². The Balaban J connectivity index is 1.51. The molecule has 0 amide bonds. The molecule has 3 nitrogen and oxygen atoms in total. The van der Waals surface area contributed by atoms with Gasteiger partial charge in [-0.05, 0) is 49.9 Å². The molecule has 2 aliphatic carbocycles. The quantitative estimate of drug-likeness (QED) is 0.746. The molecule has 2 N–H and O–H groups in total. The molecule has 112 valence electrons. The van der Waals surface area contributed by atoms with Gasteiger partial charge in [0, 0.05) is 13.1 Å². The number of rotatable bonds is 7. The molecule has 0 aromatic heterocycles. The van der Waals surface area contributed by atoms with Crippen molar-refractivity contribution >= 4 is 0 Å². The maximum Gasteiger partial charge on any atom is 0.0897 e. The Morgan fingerprint density at radius 2 is 1.95 bits per heavy atom. The van der Waals surface area contributed by atoms with Crippen LogP contribution in [0, 0.1) is 11.3 Å². The van der Waals surface area contributed by atoms with Crippen molar-refractivity contribution in [3.63, 3.8) is 0 Å². The Morgan fingerprint density at radius 3 is 2.53 bits per heavy atom. The molecule has 2 fully saturated rings. The van der Waals surface area contributed by atoms with Gasteiger partial charge in [-0.15, -0.1) is 0 Å². The lowest BCUT2D eigenvalue weighted by Gasteiger charge is -2.38. The summed E-state index contributed by atoms with van der Waals surface area (Å²) in [6.07, 6.45) is 8.93. The standard InChI is InChI=1S/C16H31NO2/c1-13-4-6-15(7-5-13)19-11-14(18)10-17-12-16(2)8-3-9-16/h13-15,17-18H,3-12H2,1-2H3. The van der Waals surface area contributed by atoms with E-state index in [0.717, 1.165) is 12.5 Å². The monoisotopic (exact) mass is 269 g/mol. The van der Waals surface area contributed by atoms with Crippen molar-refractivity contribution in [2.45, 2.75) is 71.0 Å². The summed E-state index contributed by atoms with van der Waals surface area (Å²) in [5, 5.41) is 13.3. The molecule has 1 unspecified atom stereocenters. The van der Waals surface area contributed by atoms with Gasteiger partial charge < -0.3 is 15.2 Å². The van der Waals surface area contributed by atoms with Crippen molar-refractivity contribution < 1.29 is 9.84 Å². The van der Waals surface area contributed by atoms with Crippen LogP contribution in [-0.4, -0.2) is 37.0 Å². The first-order chi connectivity index (χ1) is 9.07. The molecule has 0 spiro atoms. The molecule has 0 bridgehead atoms. The van der Waals surface area contributed by atoms with Crippen LogP contribution in [0.3, 0.4) is 0 Å². The van der Waals surface area contributed by atoms with Gasteiger partial charge in [-0.1, -0.05) is 20.3 Å². The summed E-state index contributed by atoms with van der Waals surface area (Å²) in [5.74, 6) is 0.856. The number of hydrogen-bond acceptors (Lipinski definition) is 3. The maximum atomic E-state index is 9.93. The van der Waals surface area contributed by atoms with Crippen molar-refractivity contribution in [3.8, 4) is 0 Å². The molecule has 0 aromatic rings. The van der Waals surface area contributed by atoms with Crippen LogP contribution >= 0.6 is 0 Å². The van der Waals surface area contributed by atoms with E-state index in [2.05, 4.69) is 19.2 Å². The highest BCUT2D eigenvalue weighted by Crippen LogP contribution is 2.39. The Labute approximate surface area is 118 Å². The van der Waals surface area contributed by atoms with E-state index in [9.17, 15) is 5.11 Å². The van der Waals surface area contributed by atoms with Crippen molar-refractivity contribution in [1.29, 1.82) is 0 Å².